The van der Waals surface area contributed by atoms with Gasteiger partial charge in [-0.1, -0.05) is 42.5 Å². The monoisotopic (exact) mass is 227 g/mol. The van der Waals surface area contributed by atoms with Crippen molar-refractivity contribution in [1.82, 2.24) is 4.90 Å². The van der Waals surface area contributed by atoms with Crippen molar-refractivity contribution in [3.8, 4) is 0 Å². The lowest BCUT2D eigenvalue weighted by Gasteiger charge is -2.16. The predicted molar refractivity (Wildman–Crippen MR) is 70.0 cm³/mol. The molecule has 1 aliphatic rings. The van der Waals surface area contributed by atoms with Crippen molar-refractivity contribution >= 4 is 10.8 Å². The normalized spacial score (nSPS) is 18.8. The van der Waals surface area contributed by atoms with Gasteiger partial charge < -0.3 is 4.74 Å². The van der Waals surface area contributed by atoms with Gasteiger partial charge >= 0.3 is 0 Å². The number of rotatable bonds is 4. The van der Waals surface area contributed by atoms with E-state index in [0.29, 0.717) is 6.10 Å². The van der Waals surface area contributed by atoms with E-state index in [4.69, 9.17) is 4.74 Å². The SMILES string of the molecule is CN(Cc1cccc2ccccc12)CC1CO1. The quantitative estimate of drug-likeness (QED) is 0.746. The largest absolute Gasteiger partial charge is 0.372 e. The molecule has 17 heavy (non-hydrogen) atoms. The number of hydrogen-bond acceptors (Lipinski definition) is 2. The zero-order chi connectivity index (χ0) is 11.7. The molecule has 1 aliphatic heterocycles. The molecule has 1 atom stereocenters. The lowest BCUT2D eigenvalue weighted by atomic mass is 10.0. The van der Waals surface area contributed by atoms with Gasteiger partial charge in [0.15, 0.2) is 0 Å². The molecule has 1 saturated heterocycles. The Kier molecular flexibility index (Phi) is 2.83. The Bertz CT molecular complexity index is 514. The van der Waals surface area contributed by atoms with Crippen molar-refractivity contribution in [3.05, 3.63) is 48.0 Å². The summed E-state index contributed by atoms with van der Waals surface area (Å²) in [5, 5.41) is 2.68. The lowest BCUT2D eigenvalue weighted by molar-refractivity contribution is 0.279. The van der Waals surface area contributed by atoms with Crippen LogP contribution >= 0.6 is 0 Å². The Hall–Kier alpha value is -1.38. The van der Waals surface area contributed by atoms with Crippen LogP contribution in [-0.4, -0.2) is 31.2 Å². The van der Waals surface area contributed by atoms with E-state index in [2.05, 4.69) is 54.4 Å². The Morgan fingerprint density at radius 1 is 1.18 bits per heavy atom. The van der Waals surface area contributed by atoms with Gasteiger partial charge in [0.25, 0.3) is 0 Å². The fourth-order valence-electron chi connectivity index (χ4n) is 2.31. The standard InChI is InChI=1S/C15H17NO/c1-16(10-14-11-17-14)9-13-7-4-6-12-5-2-3-8-15(12)13/h2-8,14H,9-11H2,1H3. The first-order valence-corrected chi connectivity index (χ1v) is 6.10. The van der Waals surface area contributed by atoms with Crippen LogP contribution < -0.4 is 0 Å². The van der Waals surface area contributed by atoms with E-state index in [1.165, 1.54) is 16.3 Å². The smallest absolute Gasteiger partial charge is 0.0936 e. The summed E-state index contributed by atoms with van der Waals surface area (Å²) in [5.41, 5.74) is 1.39. The fourth-order valence-corrected chi connectivity index (χ4v) is 2.31. The van der Waals surface area contributed by atoms with E-state index >= 15 is 0 Å². The number of fused-ring (bicyclic) bond motifs is 1. The highest BCUT2D eigenvalue weighted by Gasteiger charge is 2.23. The maximum Gasteiger partial charge on any atom is 0.0936 e. The van der Waals surface area contributed by atoms with Crippen molar-refractivity contribution < 1.29 is 4.74 Å². The fraction of sp³-hybridized carbons (Fsp3) is 0.333. The molecule has 2 heteroatoms. The van der Waals surface area contributed by atoms with E-state index in [1.807, 2.05) is 0 Å². The maximum atomic E-state index is 5.26. The van der Waals surface area contributed by atoms with Crippen LogP contribution in [0.25, 0.3) is 10.8 Å². The molecule has 0 aromatic heterocycles. The molecule has 0 bridgehead atoms. The molecular weight excluding hydrogens is 210 g/mol. The summed E-state index contributed by atoms with van der Waals surface area (Å²) in [4.78, 5) is 2.33. The van der Waals surface area contributed by atoms with Gasteiger partial charge in [0, 0.05) is 13.1 Å². The van der Waals surface area contributed by atoms with Crippen molar-refractivity contribution in [2.45, 2.75) is 12.6 Å². The van der Waals surface area contributed by atoms with Crippen LogP contribution in [0.4, 0.5) is 0 Å². The summed E-state index contributed by atoms with van der Waals surface area (Å²) in [5.74, 6) is 0. The van der Waals surface area contributed by atoms with E-state index in [9.17, 15) is 0 Å². The molecule has 0 N–H and O–H groups in total. The Morgan fingerprint density at radius 2 is 1.94 bits per heavy atom. The molecule has 0 aliphatic carbocycles. The Balaban J connectivity index is 1.83. The van der Waals surface area contributed by atoms with Crippen molar-refractivity contribution in [2.24, 2.45) is 0 Å². The molecule has 1 unspecified atom stereocenters. The van der Waals surface area contributed by atoms with Gasteiger partial charge in [0.2, 0.25) is 0 Å². The topological polar surface area (TPSA) is 15.8 Å². The molecule has 2 aromatic rings. The number of hydrogen-bond donors (Lipinski definition) is 0. The van der Waals surface area contributed by atoms with Crippen molar-refractivity contribution in [2.75, 3.05) is 20.2 Å². The van der Waals surface area contributed by atoms with Gasteiger partial charge in [-0.3, -0.25) is 4.90 Å². The van der Waals surface area contributed by atoms with Crippen LogP contribution in [0.5, 0.6) is 0 Å². The molecule has 1 heterocycles. The third-order valence-electron chi connectivity index (χ3n) is 3.24. The third kappa shape index (κ3) is 2.48. The Morgan fingerprint density at radius 3 is 2.76 bits per heavy atom. The third-order valence-corrected chi connectivity index (χ3v) is 3.24. The summed E-state index contributed by atoms with van der Waals surface area (Å²) in [7, 11) is 2.16. The van der Waals surface area contributed by atoms with Gasteiger partial charge in [-0.25, -0.2) is 0 Å². The molecule has 1 fully saturated rings. The van der Waals surface area contributed by atoms with Gasteiger partial charge in [0.1, 0.15) is 0 Å². The average Bonchev–Trinajstić information content (AvgIpc) is 3.13. The molecule has 2 nitrogen and oxygen atoms in total. The first kappa shape index (κ1) is 10.8. The highest BCUT2D eigenvalue weighted by molar-refractivity contribution is 5.85. The minimum Gasteiger partial charge on any atom is -0.372 e. The molecule has 2 aromatic carbocycles. The summed E-state index contributed by atoms with van der Waals surface area (Å²) >= 11 is 0. The van der Waals surface area contributed by atoms with Crippen LogP contribution in [0.1, 0.15) is 5.56 Å². The van der Waals surface area contributed by atoms with Crippen molar-refractivity contribution in [3.63, 3.8) is 0 Å². The molecule has 3 rings (SSSR count). The first-order valence-electron chi connectivity index (χ1n) is 6.10. The van der Waals surface area contributed by atoms with Gasteiger partial charge in [0.05, 0.1) is 12.7 Å². The van der Waals surface area contributed by atoms with Gasteiger partial charge in [-0.15, -0.1) is 0 Å². The minimum absolute atomic E-state index is 0.468. The number of epoxide rings is 1. The van der Waals surface area contributed by atoms with Crippen molar-refractivity contribution in [1.29, 1.82) is 0 Å². The second kappa shape index (κ2) is 4.47. The molecule has 0 saturated carbocycles. The highest BCUT2D eigenvalue weighted by atomic mass is 16.6. The van der Waals surface area contributed by atoms with Gasteiger partial charge in [-0.2, -0.15) is 0 Å². The summed E-state index contributed by atoms with van der Waals surface area (Å²) in [6.45, 7) is 2.95. The number of ether oxygens (including phenoxy) is 1. The summed E-state index contributed by atoms with van der Waals surface area (Å²) in [6, 6.07) is 15.1. The lowest BCUT2D eigenvalue weighted by Crippen LogP contribution is -2.22. The Labute approximate surface area is 102 Å². The van der Waals surface area contributed by atoms with Crippen LogP contribution in [0.2, 0.25) is 0 Å². The number of likely N-dealkylation sites (N-methyl/N-ethyl adjacent to an activating group) is 1. The zero-order valence-corrected chi connectivity index (χ0v) is 10.1. The van der Waals surface area contributed by atoms with Crippen LogP contribution in [0, 0.1) is 0 Å². The maximum absolute atomic E-state index is 5.26. The molecule has 88 valence electrons. The predicted octanol–water partition coefficient (Wildman–Crippen LogP) is 2.67. The van der Waals surface area contributed by atoms with Crippen LogP contribution in [-0.2, 0) is 11.3 Å². The van der Waals surface area contributed by atoms with E-state index in [0.717, 1.165) is 19.7 Å². The molecule has 0 spiro atoms. The molecule has 0 amide bonds. The number of benzene rings is 2. The van der Waals surface area contributed by atoms with E-state index < -0.39 is 0 Å². The minimum atomic E-state index is 0.468. The zero-order valence-electron chi connectivity index (χ0n) is 10.1. The second-order valence-electron chi connectivity index (χ2n) is 4.79. The average molecular weight is 227 g/mol. The van der Waals surface area contributed by atoms with Crippen LogP contribution in [0.3, 0.4) is 0 Å². The highest BCUT2D eigenvalue weighted by Crippen LogP contribution is 2.20. The second-order valence-corrected chi connectivity index (χ2v) is 4.79. The van der Waals surface area contributed by atoms with Gasteiger partial charge in [-0.05, 0) is 23.4 Å². The molecular formula is C15H17NO. The first-order chi connectivity index (χ1) is 8.33. The summed E-state index contributed by atoms with van der Waals surface area (Å²) in [6.07, 6.45) is 0.468. The summed E-state index contributed by atoms with van der Waals surface area (Å²) < 4.78 is 5.26. The molecule has 0 radical (unpaired) electrons. The van der Waals surface area contributed by atoms with E-state index in [1.54, 1.807) is 0 Å². The van der Waals surface area contributed by atoms with Crippen LogP contribution in [0.15, 0.2) is 42.5 Å². The number of nitrogens with zero attached hydrogens (tertiary/aromatic N) is 1. The van der Waals surface area contributed by atoms with E-state index in [-0.39, 0.29) is 0 Å².